The molecule has 3 N–H and O–H groups in total. The Balaban J connectivity index is 0.000000213. The Morgan fingerprint density at radius 2 is 0.969 bits per heavy atom. The third-order valence-corrected chi connectivity index (χ3v) is 4.53. The Labute approximate surface area is 205 Å². The smallest absolute Gasteiger partial charge is 0.248 e. The van der Waals surface area contributed by atoms with E-state index >= 15 is 0 Å². The van der Waals surface area contributed by atoms with Gasteiger partial charge in [-0.3, -0.25) is 0 Å². The van der Waals surface area contributed by atoms with Crippen molar-refractivity contribution in [3.63, 3.8) is 0 Å². The number of thiol groups is 1. The van der Waals surface area contributed by atoms with Gasteiger partial charge in [-0.05, 0) is 42.5 Å². The van der Waals surface area contributed by atoms with Gasteiger partial charge >= 0.3 is 0 Å². The molecule has 0 aliphatic carbocycles. The fourth-order valence-corrected chi connectivity index (χ4v) is 2.25. The predicted molar refractivity (Wildman–Crippen MR) is 130 cm³/mol. The number of aromatic nitrogens is 4. The molecule has 0 saturated heterocycles. The molecule has 0 spiro atoms. The van der Waals surface area contributed by atoms with Crippen molar-refractivity contribution < 1.29 is 20.4 Å². The van der Waals surface area contributed by atoms with Crippen LogP contribution in [0.5, 0.6) is 0 Å². The minimum Gasteiger partial charge on any atom is -0.618 e. The number of rotatable bonds is 0. The van der Waals surface area contributed by atoms with E-state index < -0.39 is 0 Å². The van der Waals surface area contributed by atoms with Gasteiger partial charge in [0, 0.05) is 30.7 Å². The van der Waals surface area contributed by atoms with Crippen molar-refractivity contribution in [2.75, 3.05) is 0 Å². The normalized spacial score (nSPS) is 9.03. The van der Waals surface area contributed by atoms with E-state index in [1.54, 1.807) is 72.8 Å². The average Bonchev–Trinajstić information content (AvgIpc) is 2.78. The standard InChI is InChI=1S/4C5H5NOS/c4*7-6-4-2-1-3-5(6)8/h1-4,8H;3*1-4,7H. The topological polar surface area (TPSA) is 102 Å². The number of hydrogen-bond acceptors (Lipinski definition) is 8. The molecule has 0 bridgehead atoms. The molecule has 0 aliphatic rings. The van der Waals surface area contributed by atoms with Crippen molar-refractivity contribution in [2.24, 2.45) is 0 Å². The molecule has 8 nitrogen and oxygen atoms in total. The lowest BCUT2D eigenvalue weighted by atomic mass is 10.5. The van der Waals surface area contributed by atoms with Gasteiger partial charge in [-0.25, -0.2) is 0 Å². The zero-order valence-electron chi connectivity index (χ0n) is 16.4. The zero-order valence-corrected chi connectivity index (χ0v) is 19.8. The lowest BCUT2D eigenvalue weighted by Gasteiger charge is -1.94. The molecular formula is C20H20N4O4S4. The SMILES string of the molecule is On1ccccc1=S.On1ccccc1=S.On1ccccc1=S.[O-][n+]1ccccc1S. The monoisotopic (exact) mass is 508 g/mol. The molecule has 12 heteroatoms. The highest BCUT2D eigenvalue weighted by Gasteiger charge is 1.90. The number of nitrogens with zero attached hydrogens (tertiary/aromatic N) is 4. The molecule has 4 rings (SSSR count). The largest absolute Gasteiger partial charge is 0.618 e. The molecule has 0 unspecified atom stereocenters. The van der Waals surface area contributed by atoms with Gasteiger partial charge in [0.1, 0.15) is 13.9 Å². The number of pyridine rings is 4. The Bertz CT molecular complexity index is 1130. The summed E-state index contributed by atoms with van der Waals surface area (Å²) in [6.07, 6.45) is 5.87. The van der Waals surface area contributed by atoms with Gasteiger partial charge < -0.3 is 20.8 Å². The third kappa shape index (κ3) is 10.7. The summed E-state index contributed by atoms with van der Waals surface area (Å²) in [7, 11) is 0. The summed E-state index contributed by atoms with van der Waals surface area (Å²) in [5.74, 6) is 0. The van der Waals surface area contributed by atoms with E-state index in [2.05, 4.69) is 49.3 Å². The van der Waals surface area contributed by atoms with Crippen molar-refractivity contribution >= 4 is 49.3 Å². The van der Waals surface area contributed by atoms with Crippen molar-refractivity contribution in [1.29, 1.82) is 0 Å². The van der Waals surface area contributed by atoms with E-state index in [-0.39, 0.29) is 0 Å². The molecule has 0 saturated carbocycles. The van der Waals surface area contributed by atoms with Crippen LogP contribution in [0, 0.1) is 19.1 Å². The second kappa shape index (κ2) is 14.8. The maximum atomic E-state index is 10.5. The first-order chi connectivity index (χ1) is 15.2. The van der Waals surface area contributed by atoms with E-state index in [0.29, 0.717) is 23.7 Å². The molecule has 4 aromatic rings. The minimum atomic E-state index is 0.424. The van der Waals surface area contributed by atoms with Crippen LogP contribution in [0.3, 0.4) is 0 Å². The van der Waals surface area contributed by atoms with Crippen LogP contribution in [0.4, 0.5) is 0 Å². The first kappa shape index (κ1) is 26.8. The summed E-state index contributed by atoms with van der Waals surface area (Å²) < 4.78 is 4.66. The van der Waals surface area contributed by atoms with E-state index in [4.69, 9.17) is 15.6 Å². The summed E-state index contributed by atoms with van der Waals surface area (Å²) in [5.41, 5.74) is 0. The molecule has 4 aromatic heterocycles. The fourth-order valence-electron chi connectivity index (χ4n) is 1.68. The van der Waals surface area contributed by atoms with Crippen LogP contribution in [-0.2, 0) is 0 Å². The van der Waals surface area contributed by atoms with Crippen LogP contribution in [0.2, 0.25) is 0 Å². The highest BCUT2D eigenvalue weighted by Crippen LogP contribution is 1.93. The second-order valence-corrected chi connectivity index (χ2v) is 7.25. The average molecular weight is 509 g/mol. The zero-order chi connectivity index (χ0) is 23.9. The summed E-state index contributed by atoms with van der Waals surface area (Å²) in [6, 6.07) is 20.4. The molecule has 0 fully saturated rings. The van der Waals surface area contributed by atoms with E-state index in [9.17, 15) is 5.21 Å². The lowest BCUT2D eigenvalue weighted by Crippen LogP contribution is -2.26. The van der Waals surface area contributed by atoms with Crippen LogP contribution < -0.4 is 4.73 Å². The molecule has 0 aliphatic heterocycles. The molecular weight excluding hydrogens is 489 g/mol. The first-order valence-electron chi connectivity index (χ1n) is 8.70. The van der Waals surface area contributed by atoms with Crippen LogP contribution in [-0.4, -0.2) is 29.8 Å². The van der Waals surface area contributed by atoms with Crippen molar-refractivity contribution in [3.05, 3.63) is 117 Å². The predicted octanol–water partition coefficient (Wildman–Crippen LogP) is 4.97. The molecule has 4 heterocycles. The summed E-state index contributed by atoms with van der Waals surface area (Å²) in [5, 5.41) is 37.1. The molecule has 32 heavy (non-hydrogen) atoms. The van der Waals surface area contributed by atoms with Gasteiger partial charge in [-0.1, -0.05) is 67.5 Å². The van der Waals surface area contributed by atoms with Crippen molar-refractivity contribution in [1.82, 2.24) is 14.2 Å². The first-order valence-corrected chi connectivity index (χ1v) is 10.4. The second-order valence-electron chi connectivity index (χ2n) is 5.53. The summed E-state index contributed by atoms with van der Waals surface area (Å²) in [6.45, 7) is 0. The number of hydrogen-bond donors (Lipinski definition) is 4. The van der Waals surface area contributed by atoms with Gasteiger partial charge in [0.15, 0.2) is 6.20 Å². The van der Waals surface area contributed by atoms with Gasteiger partial charge in [0.25, 0.3) is 0 Å². The van der Waals surface area contributed by atoms with Gasteiger partial charge in [0.05, 0.1) is 0 Å². The summed E-state index contributed by atoms with van der Waals surface area (Å²) in [4.78, 5) is 0. The molecule has 0 aromatic carbocycles. The van der Waals surface area contributed by atoms with Gasteiger partial charge in [-0.2, -0.15) is 18.9 Å². The Kier molecular flexibility index (Phi) is 12.4. The highest BCUT2D eigenvalue weighted by atomic mass is 32.1. The van der Waals surface area contributed by atoms with E-state index in [0.717, 1.165) is 14.2 Å². The fraction of sp³-hybridized carbons (Fsp3) is 0. The van der Waals surface area contributed by atoms with Gasteiger partial charge in [0.2, 0.25) is 5.03 Å². The van der Waals surface area contributed by atoms with Crippen LogP contribution in [0.1, 0.15) is 0 Å². The van der Waals surface area contributed by atoms with E-state index in [1.165, 1.54) is 24.8 Å². The van der Waals surface area contributed by atoms with Crippen LogP contribution in [0.25, 0.3) is 0 Å². The van der Waals surface area contributed by atoms with Crippen LogP contribution >= 0.6 is 49.3 Å². The molecule has 0 atom stereocenters. The molecule has 168 valence electrons. The molecule has 0 radical (unpaired) electrons. The highest BCUT2D eigenvalue weighted by molar-refractivity contribution is 7.80. The third-order valence-electron chi connectivity index (χ3n) is 3.21. The Morgan fingerprint density at radius 3 is 1.16 bits per heavy atom. The lowest BCUT2D eigenvalue weighted by molar-refractivity contribution is -0.645. The Morgan fingerprint density at radius 1 is 0.625 bits per heavy atom. The van der Waals surface area contributed by atoms with Crippen molar-refractivity contribution in [2.45, 2.75) is 5.03 Å². The van der Waals surface area contributed by atoms with E-state index in [1.807, 2.05) is 0 Å². The Hall–Kier alpha value is -3.19. The maximum absolute atomic E-state index is 10.5. The minimum absolute atomic E-state index is 0.424. The summed E-state index contributed by atoms with van der Waals surface area (Å²) >= 11 is 17.8. The quantitative estimate of drug-likeness (QED) is 0.0874. The van der Waals surface area contributed by atoms with Crippen LogP contribution in [0.15, 0.2) is 103 Å². The maximum Gasteiger partial charge on any atom is 0.248 e. The van der Waals surface area contributed by atoms with Gasteiger partial charge in [-0.15, -0.1) is 0 Å². The molecule has 0 amide bonds. The van der Waals surface area contributed by atoms with Crippen molar-refractivity contribution in [3.8, 4) is 0 Å².